The summed E-state index contributed by atoms with van der Waals surface area (Å²) in [5, 5.41) is 0. The van der Waals surface area contributed by atoms with E-state index >= 15 is 0 Å². The predicted octanol–water partition coefficient (Wildman–Crippen LogP) is 10.9. The lowest BCUT2D eigenvalue weighted by atomic mass is 10.3. The first-order valence-electron chi connectivity index (χ1n) is 13.1. The van der Waals surface area contributed by atoms with Crippen molar-refractivity contribution in [1.82, 2.24) is 0 Å². The maximum absolute atomic E-state index is 6.62. The first-order valence-corrected chi connectivity index (χ1v) is 18.3. The Hall–Kier alpha value is -4.21. The zero-order chi connectivity index (χ0) is 28.7. The second-order valence-electron chi connectivity index (χ2n) is 9.11. The SMILES string of the molecule is CP1(Oc2ccccc2)=NP(Oc2ccccc2)(Oc2ccccc2)=NP(Oc2ccccc2)(Oc2ccccc2)=N1. The number of hydrogen-bond donors (Lipinski definition) is 0. The van der Waals surface area contributed by atoms with E-state index in [9.17, 15) is 0 Å². The Morgan fingerprint density at radius 1 is 0.333 bits per heavy atom. The van der Waals surface area contributed by atoms with Crippen molar-refractivity contribution < 1.29 is 22.6 Å². The van der Waals surface area contributed by atoms with Gasteiger partial charge in [-0.2, -0.15) is 0 Å². The highest BCUT2D eigenvalue weighted by Gasteiger charge is 2.44. The first kappa shape index (κ1) is 27.9. The largest absolute Gasteiger partial charge is 0.458 e. The van der Waals surface area contributed by atoms with Crippen LogP contribution in [0, 0.1) is 0 Å². The summed E-state index contributed by atoms with van der Waals surface area (Å²) in [6, 6.07) is 46.7. The molecule has 1 aliphatic heterocycles. The summed E-state index contributed by atoms with van der Waals surface area (Å²) < 4.78 is 48.4. The molecule has 5 aromatic rings. The van der Waals surface area contributed by atoms with Gasteiger partial charge in [-0.1, -0.05) is 95.5 Å². The molecule has 212 valence electrons. The Bertz CT molecular complexity index is 1610. The monoisotopic (exact) mass is 615 g/mol. The average Bonchev–Trinajstić information content (AvgIpc) is 2.99. The number of benzene rings is 5. The van der Waals surface area contributed by atoms with Crippen molar-refractivity contribution in [3.8, 4) is 28.7 Å². The average molecular weight is 616 g/mol. The van der Waals surface area contributed by atoms with E-state index in [-0.39, 0.29) is 0 Å². The molecule has 0 spiro atoms. The van der Waals surface area contributed by atoms with E-state index in [1.54, 1.807) is 0 Å². The molecular formula is C31H28N3O5P3. The highest BCUT2D eigenvalue weighted by molar-refractivity contribution is 7.80. The van der Waals surface area contributed by atoms with Crippen molar-refractivity contribution in [2.45, 2.75) is 0 Å². The van der Waals surface area contributed by atoms with Crippen LogP contribution in [0.3, 0.4) is 0 Å². The molecule has 1 atom stereocenters. The minimum Gasteiger partial charge on any atom is -0.441 e. The third-order valence-electron chi connectivity index (χ3n) is 5.68. The summed E-state index contributed by atoms with van der Waals surface area (Å²) in [6.45, 7) is 1.84. The van der Waals surface area contributed by atoms with Crippen LogP contribution < -0.4 is 22.6 Å². The molecule has 0 fully saturated rings. The summed E-state index contributed by atoms with van der Waals surface area (Å²) in [5.41, 5.74) is 0. The Balaban J connectivity index is 1.61. The number of rotatable bonds is 10. The molecule has 0 amide bonds. The molecule has 1 heterocycles. The van der Waals surface area contributed by atoms with Crippen LogP contribution in [-0.2, 0) is 0 Å². The Morgan fingerprint density at radius 2 is 0.595 bits per heavy atom. The Labute approximate surface area is 245 Å². The van der Waals surface area contributed by atoms with Crippen LogP contribution in [0.2, 0.25) is 0 Å². The standard InChI is InChI=1S/C31H28N3O5P3/c1-40(35-27-17-7-2-8-18-27)32-41(36-28-19-9-3-10-20-28,37-29-21-11-4-12-22-29)34-42(33-40,38-30-23-13-5-14-24-30)39-31-25-15-6-16-26-31/h2-26H,1H3. The molecule has 5 aromatic carbocycles. The van der Waals surface area contributed by atoms with Crippen LogP contribution in [0.15, 0.2) is 165 Å². The lowest BCUT2D eigenvalue weighted by Crippen LogP contribution is -2.08. The van der Waals surface area contributed by atoms with Crippen molar-refractivity contribution in [3.63, 3.8) is 0 Å². The van der Waals surface area contributed by atoms with Crippen molar-refractivity contribution in [1.29, 1.82) is 0 Å². The lowest BCUT2D eigenvalue weighted by Gasteiger charge is -2.32. The summed E-state index contributed by atoms with van der Waals surface area (Å²) in [6.07, 6.45) is 0. The molecule has 0 N–H and O–H groups in total. The minimum atomic E-state index is -3.61. The van der Waals surface area contributed by atoms with Gasteiger partial charge in [0.1, 0.15) is 28.7 Å². The van der Waals surface area contributed by atoms with E-state index in [4.69, 9.17) is 36.2 Å². The lowest BCUT2D eigenvalue weighted by molar-refractivity contribution is 0.458. The van der Waals surface area contributed by atoms with Gasteiger partial charge in [0.25, 0.3) is 7.43 Å². The molecular weight excluding hydrogens is 587 g/mol. The van der Waals surface area contributed by atoms with Crippen LogP contribution >= 0.6 is 22.8 Å². The molecule has 0 aliphatic carbocycles. The van der Waals surface area contributed by atoms with Gasteiger partial charge in [-0.05, 0) is 60.7 Å². The van der Waals surface area contributed by atoms with Gasteiger partial charge in [-0.25, -0.2) is 0 Å². The maximum atomic E-state index is 6.62. The predicted molar refractivity (Wildman–Crippen MR) is 169 cm³/mol. The highest BCUT2D eigenvalue weighted by Crippen LogP contribution is 2.77. The van der Waals surface area contributed by atoms with Crippen LogP contribution in [-0.4, -0.2) is 6.66 Å². The zero-order valence-electron chi connectivity index (χ0n) is 22.7. The van der Waals surface area contributed by atoms with Gasteiger partial charge < -0.3 is 22.6 Å². The van der Waals surface area contributed by atoms with Crippen molar-refractivity contribution >= 4 is 22.8 Å². The van der Waals surface area contributed by atoms with Gasteiger partial charge in [-0.15, -0.1) is 9.03 Å². The third-order valence-corrected chi connectivity index (χ3v) is 14.3. The maximum Gasteiger partial charge on any atom is 0.458 e. The zero-order valence-corrected chi connectivity index (χ0v) is 25.3. The normalized spacial score (nSPS) is 18.2. The molecule has 0 saturated carbocycles. The van der Waals surface area contributed by atoms with E-state index in [0.717, 1.165) is 0 Å². The van der Waals surface area contributed by atoms with Gasteiger partial charge in [0.2, 0.25) is 0 Å². The van der Waals surface area contributed by atoms with Gasteiger partial charge >= 0.3 is 15.3 Å². The molecule has 1 unspecified atom stereocenters. The summed E-state index contributed by atoms with van der Waals surface area (Å²) >= 11 is 0. The van der Waals surface area contributed by atoms with Crippen LogP contribution in [0.5, 0.6) is 28.7 Å². The molecule has 11 heteroatoms. The van der Waals surface area contributed by atoms with Crippen molar-refractivity contribution in [2.24, 2.45) is 13.5 Å². The van der Waals surface area contributed by atoms with Crippen LogP contribution in [0.1, 0.15) is 0 Å². The second kappa shape index (κ2) is 12.3. The first-order chi connectivity index (χ1) is 20.5. The summed E-state index contributed by atoms with van der Waals surface area (Å²) in [7, 11) is -10.3. The number of nitrogens with zero attached hydrogens (tertiary/aromatic N) is 3. The molecule has 42 heavy (non-hydrogen) atoms. The number of para-hydroxylation sites is 5. The van der Waals surface area contributed by atoms with Crippen LogP contribution in [0.25, 0.3) is 0 Å². The summed E-state index contributed by atoms with van der Waals surface area (Å²) in [4.78, 5) is 0. The minimum absolute atomic E-state index is 0.528. The van der Waals surface area contributed by atoms with Gasteiger partial charge in [0.15, 0.2) is 0 Å². The van der Waals surface area contributed by atoms with Gasteiger partial charge in [0, 0.05) is 6.66 Å². The molecule has 8 nitrogen and oxygen atoms in total. The topological polar surface area (TPSA) is 83.2 Å². The Morgan fingerprint density at radius 3 is 0.905 bits per heavy atom. The fourth-order valence-electron chi connectivity index (χ4n) is 3.99. The van der Waals surface area contributed by atoms with E-state index in [2.05, 4.69) is 0 Å². The smallest absolute Gasteiger partial charge is 0.441 e. The van der Waals surface area contributed by atoms with Gasteiger partial charge in [0.05, 0.1) is 0 Å². The highest BCUT2D eigenvalue weighted by atomic mass is 31.3. The van der Waals surface area contributed by atoms with E-state index in [0.29, 0.717) is 28.7 Å². The molecule has 0 saturated heterocycles. The van der Waals surface area contributed by atoms with Crippen LogP contribution in [0.4, 0.5) is 0 Å². The van der Waals surface area contributed by atoms with Gasteiger partial charge in [-0.3, -0.25) is 0 Å². The number of hydrogen-bond acceptors (Lipinski definition) is 8. The fraction of sp³-hybridized carbons (Fsp3) is 0.0323. The molecule has 0 radical (unpaired) electrons. The van der Waals surface area contributed by atoms with E-state index in [1.165, 1.54) is 0 Å². The van der Waals surface area contributed by atoms with E-state index in [1.807, 2.05) is 158 Å². The Kier molecular flexibility index (Phi) is 8.21. The fourth-order valence-corrected chi connectivity index (χ4v) is 13.5. The molecule has 6 rings (SSSR count). The van der Waals surface area contributed by atoms with E-state index < -0.39 is 22.8 Å². The second-order valence-corrected chi connectivity index (χ2v) is 15.8. The quantitative estimate of drug-likeness (QED) is 0.146. The molecule has 0 bridgehead atoms. The third kappa shape index (κ3) is 6.98. The molecule has 0 aromatic heterocycles. The van der Waals surface area contributed by atoms with Crippen molar-refractivity contribution in [3.05, 3.63) is 152 Å². The molecule has 1 aliphatic rings. The van der Waals surface area contributed by atoms with Crippen molar-refractivity contribution in [2.75, 3.05) is 6.66 Å². The summed E-state index contributed by atoms with van der Waals surface area (Å²) in [5.74, 6) is 2.71.